The minimum Gasteiger partial charge on any atom is -0.294 e. The van der Waals surface area contributed by atoms with Gasteiger partial charge in [-0.3, -0.25) is 4.79 Å². The highest BCUT2D eigenvalue weighted by molar-refractivity contribution is 6.31. The molecule has 0 unspecified atom stereocenters. The predicted molar refractivity (Wildman–Crippen MR) is 73.7 cm³/mol. The van der Waals surface area contributed by atoms with Gasteiger partial charge in [-0.25, -0.2) is 0 Å². The van der Waals surface area contributed by atoms with E-state index in [1.54, 1.807) is 6.07 Å². The van der Waals surface area contributed by atoms with Crippen LogP contribution in [0.1, 0.15) is 27.0 Å². The maximum Gasteiger partial charge on any atom is 0.167 e. The van der Waals surface area contributed by atoms with Crippen molar-refractivity contribution < 1.29 is 4.79 Å². The maximum absolute atomic E-state index is 12.2. The van der Waals surface area contributed by atoms with Gasteiger partial charge in [-0.2, -0.15) is 0 Å². The van der Waals surface area contributed by atoms with E-state index in [9.17, 15) is 4.79 Å². The zero-order valence-electron chi connectivity index (χ0n) is 9.54. The topological polar surface area (TPSA) is 17.1 Å². The van der Waals surface area contributed by atoms with Crippen LogP contribution in [0.3, 0.4) is 0 Å². The molecule has 2 aromatic carbocycles. The summed E-state index contributed by atoms with van der Waals surface area (Å²) in [5.41, 5.74) is 3.91. The molecule has 0 heterocycles. The van der Waals surface area contributed by atoms with Crippen LogP contribution in [0.15, 0.2) is 36.4 Å². The second kappa shape index (κ2) is 4.42. The van der Waals surface area contributed by atoms with Gasteiger partial charge in [0.1, 0.15) is 0 Å². The highest BCUT2D eigenvalue weighted by Crippen LogP contribution is 2.28. The van der Waals surface area contributed by atoms with Gasteiger partial charge in [-0.1, -0.05) is 29.3 Å². The van der Waals surface area contributed by atoms with E-state index in [1.807, 2.05) is 30.3 Å². The Hall–Kier alpha value is -1.31. The summed E-state index contributed by atoms with van der Waals surface area (Å²) in [6.45, 7) is 0. The average molecular weight is 277 g/mol. The first kappa shape index (κ1) is 11.8. The second-order valence-electron chi connectivity index (χ2n) is 4.49. The number of hydrogen-bond acceptors (Lipinski definition) is 1. The molecule has 90 valence electrons. The Labute approximate surface area is 115 Å². The monoisotopic (exact) mass is 276 g/mol. The third-order valence-electron chi connectivity index (χ3n) is 3.27. The Kier molecular flexibility index (Phi) is 2.89. The van der Waals surface area contributed by atoms with E-state index in [2.05, 4.69) is 0 Å². The first-order chi connectivity index (χ1) is 8.63. The van der Waals surface area contributed by atoms with Crippen LogP contribution in [-0.2, 0) is 12.8 Å². The predicted octanol–water partition coefficient (Wildman–Crippen LogP) is 4.32. The van der Waals surface area contributed by atoms with E-state index >= 15 is 0 Å². The van der Waals surface area contributed by atoms with Gasteiger partial charge in [0.05, 0.1) is 0 Å². The number of benzene rings is 2. The minimum atomic E-state index is 0.141. The Balaban J connectivity index is 2.18. The van der Waals surface area contributed by atoms with Crippen LogP contribution in [0, 0.1) is 0 Å². The van der Waals surface area contributed by atoms with E-state index in [0.717, 1.165) is 22.3 Å². The van der Waals surface area contributed by atoms with Gasteiger partial charge >= 0.3 is 0 Å². The Morgan fingerprint density at radius 1 is 0.778 bits per heavy atom. The zero-order valence-corrected chi connectivity index (χ0v) is 11.1. The standard InChI is InChI=1S/C15H10Cl2O/c16-12-2-1-9-8-15(18)14-4-3-13(17)7-11(14)5-10(9)6-12/h1-4,6-7H,5,8H2. The normalized spacial score (nSPS) is 13.8. The molecule has 0 atom stereocenters. The van der Waals surface area contributed by atoms with E-state index in [0.29, 0.717) is 22.9 Å². The number of ketones is 1. The first-order valence-electron chi connectivity index (χ1n) is 5.72. The Morgan fingerprint density at radius 2 is 1.44 bits per heavy atom. The van der Waals surface area contributed by atoms with Gasteiger partial charge in [0.15, 0.2) is 5.78 Å². The van der Waals surface area contributed by atoms with E-state index in [4.69, 9.17) is 23.2 Å². The van der Waals surface area contributed by atoms with Crippen molar-refractivity contribution in [3.63, 3.8) is 0 Å². The molecule has 1 nitrogen and oxygen atoms in total. The Bertz CT molecular complexity index is 647. The van der Waals surface area contributed by atoms with E-state index in [-0.39, 0.29) is 5.78 Å². The molecule has 3 heteroatoms. The van der Waals surface area contributed by atoms with Crippen LogP contribution in [-0.4, -0.2) is 5.78 Å². The largest absolute Gasteiger partial charge is 0.294 e. The quantitative estimate of drug-likeness (QED) is 0.700. The van der Waals surface area contributed by atoms with Gasteiger partial charge in [0.2, 0.25) is 0 Å². The summed E-state index contributed by atoms with van der Waals surface area (Å²) in [7, 11) is 0. The minimum absolute atomic E-state index is 0.141. The molecule has 18 heavy (non-hydrogen) atoms. The molecule has 0 amide bonds. The number of carbonyl (C=O) groups excluding carboxylic acids is 1. The molecule has 0 aliphatic heterocycles. The first-order valence-corrected chi connectivity index (χ1v) is 6.48. The lowest BCUT2D eigenvalue weighted by Crippen LogP contribution is -2.03. The molecular weight excluding hydrogens is 267 g/mol. The summed E-state index contributed by atoms with van der Waals surface area (Å²) in [6.07, 6.45) is 1.14. The van der Waals surface area contributed by atoms with Crippen molar-refractivity contribution in [2.24, 2.45) is 0 Å². The van der Waals surface area contributed by atoms with Crippen LogP contribution in [0.4, 0.5) is 0 Å². The van der Waals surface area contributed by atoms with Crippen molar-refractivity contribution in [1.29, 1.82) is 0 Å². The highest BCUT2D eigenvalue weighted by Gasteiger charge is 2.19. The number of fused-ring (bicyclic) bond motifs is 2. The van der Waals surface area contributed by atoms with Gasteiger partial charge in [-0.15, -0.1) is 0 Å². The van der Waals surface area contributed by atoms with Crippen molar-refractivity contribution in [2.45, 2.75) is 12.8 Å². The summed E-state index contributed by atoms with van der Waals surface area (Å²) in [5.74, 6) is 0.141. The second-order valence-corrected chi connectivity index (χ2v) is 5.36. The molecule has 0 spiro atoms. The molecule has 0 saturated carbocycles. The lowest BCUT2D eigenvalue weighted by molar-refractivity contribution is 0.0993. The van der Waals surface area contributed by atoms with Crippen LogP contribution >= 0.6 is 23.2 Å². The van der Waals surface area contributed by atoms with Crippen LogP contribution in [0.2, 0.25) is 10.0 Å². The fourth-order valence-corrected chi connectivity index (χ4v) is 2.77. The van der Waals surface area contributed by atoms with Crippen LogP contribution < -0.4 is 0 Å². The van der Waals surface area contributed by atoms with Crippen molar-refractivity contribution in [2.75, 3.05) is 0 Å². The number of rotatable bonds is 0. The van der Waals surface area contributed by atoms with Crippen molar-refractivity contribution >= 4 is 29.0 Å². The maximum atomic E-state index is 12.2. The molecule has 0 fully saturated rings. The van der Waals surface area contributed by atoms with Crippen molar-refractivity contribution in [1.82, 2.24) is 0 Å². The number of Topliss-reactive ketones (excluding diaryl/α,β-unsaturated/α-hetero) is 1. The average Bonchev–Trinajstić information content (AvgIpc) is 2.44. The molecule has 3 rings (SSSR count). The van der Waals surface area contributed by atoms with Crippen LogP contribution in [0.5, 0.6) is 0 Å². The smallest absolute Gasteiger partial charge is 0.167 e. The number of carbonyl (C=O) groups is 1. The molecule has 0 radical (unpaired) electrons. The summed E-state index contributed by atoms with van der Waals surface area (Å²) < 4.78 is 0. The van der Waals surface area contributed by atoms with E-state index < -0.39 is 0 Å². The molecule has 2 aromatic rings. The van der Waals surface area contributed by atoms with Gasteiger partial charge < -0.3 is 0 Å². The Morgan fingerprint density at radius 3 is 2.22 bits per heavy atom. The zero-order chi connectivity index (χ0) is 12.7. The lowest BCUT2D eigenvalue weighted by Gasteiger charge is -2.06. The lowest BCUT2D eigenvalue weighted by atomic mass is 10.0. The third kappa shape index (κ3) is 2.05. The fourth-order valence-electron chi connectivity index (χ4n) is 2.39. The molecule has 0 N–H and O–H groups in total. The molecule has 0 saturated heterocycles. The molecule has 1 aliphatic rings. The molecule has 0 bridgehead atoms. The fraction of sp³-hybridized carbons (Fsp3) is 0.133. The molecule has 1 aliphatic carbocycles. The van der Waals surface area contributed by atoms with Gasteiger partial charge in [-0.05, 0) is 53.4 Å². The van der Waals surface area contributed by atoms with E-state index in [1.165, 1.54) is 0 Å². The third-order valence-corrected chi connectivity index (χ3v) is 3.74. The number of hydrogen-bond donors (Lipinski definition) is 0. The summed E-state index contributed by atoms with van der Waals surface area (Å²) in [6, 6.07) is 11.1. The van der Waals surface area contributed by atoms with Gasteiger partial charge in [0, 0.05) is 22.0 Å². The summed E-state index contributed by atoms with van der Waals surface area (Å²) in [4.78, 5) is 12.2. The van der Waals surface area contributed by atoms with Gasteiger partial charge in [0.25, 0.3) is 0 Å². The summed E-state index contributed by atoms with van der Waals surface area (Å²) in [5, 5.41) is 1.36. The SMILES string of the molecule is O=C1Cc2ccc(Cl)cc2Cc2cc(Cl)ccc21. The highest BCUT2D eigenvalue weighted by atomic mass is 35.5. The number of halogens is 2. The summed E-state index contributed by atoms with van der Waals surface area (Å²) >= 11 is 12.0. The molecule has 0 aromatic heterocycles. The molecular formula is C15H10Cl2O. The van der Waals surface area contributed by atoms with Crippen LogP contribution in [0.25, 0.3) is 0 Å². The van der Waals surface area contributed by atoms with Crippen molar-refractivity contribution in [3.05, 3.63) is 68.7 Å². The van der Waals surface area contributed by atoms with Crippen molar-refractivity contribution in [3.8, 4) is 0 Å².